The lowest BCUT2D eigenvalue weighted by atomic mass is 10.8. The summed E-state index contributed by atoms with van der Waals surface area (Å²) in [4.78, 5) is 0. The lowest BCUT2D eigenvalue weighted by molar-refractivity contribution is 0.468. The molecule has 0 heterocycles. The van der Waals surface area contributed by atoms with Gasteiger partial charge in [0.2, 0.25) is 0 Å². The van der Waals surface area contributed by atoms with E-state index in [1.54, 1.807) is 0 Å². The summed E-state index contributed by atoms with van der Waals surface area (Å²) in [6.07, 6.45) is 0. The van der Waals surface area contributed by atoms with Gasteiger partial charge in [-0.1, -0.05) is 0 Å². The van der Waals surface area contributed by atoms with E-state index in [0.29, 0.717) is 0 Å². The second-order valence-electron chi connectivity index (χ2n) is 1.29. The topological polar surface area (TPSA) is 66.4 Å². The van der Waals surface area contributed by atoms with Gasteiger partial charge in [0.05, 0.1) is 0 Å². The van der Waals surface area contributed by atoms with Gasteiger partial charge in [-0.2, -0.15) is 8.42 Å². The summed E-state index contributed by atoms with van der Waals surface area (Å²) in [6.45, 7) is 3.08. The predicted octanol–water partition coefficient (Wildman–Crippen LogP) is -0.746. The van der Waals surface area contributed by atoms with Gasteiger partial charge in [-0.15, -0.1) is 0 Å². The van der Waals surface area contributed by atoms with E-state index in [1.807, 2.05) is 0 Å². The molecule has 0 saturated heterocycles. The van der Waals surface area contributed by atoms with Gasteiger partial charge in [0.25, 0.3) is 10.1 Å². The highest BCUT2D eigenvalue weighted by molar-refractivity contribution is 7.86. The van der Waals surface area contributed by atoms with E-state index in [2.05, 4.69) is 12.2 Å². The fourth-order valence-corrected chi connectivity index (χ4v) is 0.447. The van der Waals surface area contributed by atoms with Crippen molar-refractivity contribution in [3.8, 4) is 0 Å². The maximum Gasteiger partial charge on any atom is 0.281 e. The molecule has 0 aliphatic heterocycles. The van der Waals surface area contributed by atoms with Crippen molar-refractivity contribution in [3.63, 3.8) is 0 Å². The molecule has 0 bridgehead atoms. The zero-order valence-corrected chi connectivity index (χ0v) is 5.27. The standard InChI is InChI=1S/C3H8NO3S/c1-3(4-2)8(5,6)7/h3-4H,1H2,2H3,(H,5,6,7). The average molecular weight is 138 g/mol. The molecule has 0 aromatic carbocycles. The molecule has 5 heteroatoms. The van der Waals surface area contributed by atoms with Gasteiger partial charge in [-0.3, -0.25) is 4.55 Å². The lowest BCUT2D eigenvalue weighted by Gasteiger charge is -2.02. The minimum atomic E-state index is -3.98. The van der Waals surface area contributed by atoms with Gasteiger partial charge in [0, 0.05) is 0 Å². The van der Waals surface area contributed by atoms with E-state index >= 15 is 0 Å². The third-order valence-electron chi connectivity index (χ3n) is 0.682. The molecule has 1 unspecified atom stereocenters. The third-order valence-corrected chi connectivity index (χ3v) is 1.64. The molecular formula is C3H8NO3S. The van der Waals surface area contributed by atoms with Crippen LogP contribution >= 0.6 is 0 Å². The Morgan fingerprint density at radius 3 is 2.12 bits per heavy atom. The highest BCUT2D eigenvalue weighted by Gasteiger charge is 2.12. The molecule has 0 spiro atoms. The highest BCUT2D eigenvalue weighted by atomic mass is 32.2. The second kappa shape index (κ2) is 2.43. The molecule has 0 rings (SSSR count). The Kier molecular flexibility index (Phi) is 2.39. The van der Waals surface area contributed by atoms with Crippen LogP contribution in [0.5, 0.6) is 0 Å². The fourth-order valence-electron chi connectivity index (χ4n) is 0.149. The first-order valence-electron chi connectivity index (χ1n) is 1.95. The van der Waals surface area contributed by atoms with Crippen molar-refractivity contribution < 1.29 is 13.0 Å². The normalized spacial score (nSPS) is 15.9. The summed E-state index contributed by atoms with van der Waals surface area (Å²) in [5, 5.41) is 1.13. The van der Waals surface area contributed by atoms with Crippen LogP contribution in [-0.4, -0.2) is 25.4 Å². The molecule has 0 aliphatic carbocycles. The maximum absolute atomic E-state index is 9.99. The minimum absolute atomic E-state index is 1.12. The quantitative estimate of drug-likeness (QED) is 0.493. The Bertz CT molecular complexity index is 150. The van der Waals surface area contributed by atoms with E-state index < -0.39 is 15.5 Å². The molecule has 2 N–H and O–H groups in total. The van der Waals surface area contributed by atoms with E-state index in [4.69, 9.17) is 4.55 Å². The zero-order chi connectivity index (χ0) is 6.78. The van der Waals surface area contributed by atoms with E-state index in [-0.39, 0.29) is 0 Å². The maximum atomic E-state index is 9.99. The fraction of sp³-hybridized carbons (Fsp3) is 0.667. The lowest BCUT2D eigenvalue weighted by Crippen LogP contribution is -2.30. The van der Waals surface area contributed by atoms with E-state index in [9.17, 15) is 8.42 Å². The third kappa shape index (κ3) is 2.25. The molecule has 4 nitrogen and oxygen atoms in total. The molecule has 49 valence electrons. The summed E-state index contributed by atoms with van der Waals surface area (Å²) in [7, 11) is -2.58. The average Bonchev–Trinajstić information content (AvgIpc) is 1.62. The Morgan fingerprint density at radius 2 is 2.12 bits per heavy atom. The van der Waals surface area contributed by atoms with Crippen LogP contribution in [0.3, 0.4) is 0 Å². The molecule has 0 aliphatic rings. The van der Waals surface area contributed by atoms with Crippen LogP contribution in [0.25, 0.3) is 0 Å². The monoisotopic (exact) mass is 138 g/mol. The highest BCUT2D eigenvalue weighted by Crippen LogP contribution is 1.88. The minimum Gasteiger partial charge on any atom is -0.302 e. The summed E-state index contributed by atoms with van der Waals surface area (Å²) in [5.41, 5.74) is 0. The molecule has 0 saturated carbocycles. The van der Waals surface area contributed by atoms with Crippen LogP contribution < -0.4 is 5.32 Å². The molecule has 0 amide bonds. The van der Waals surface area contributed by atoms with Crippen molar-refractivity contribution in [2.45, 2.75) is 5.37 Å². The Morgan fingerprint density at radius 1 is 1.75 bits per heavy atom. The van der Waals surface area contributed by atoms with Gasteiger partial charge in [-0.25, -0.2) is 0 Å². The van der Waals surface area contributed by atoms with Crippen LogP contribution in [0.1, 0.15) is 0 Å². The molecule has 0 aromatic rings. The van der Waals surface area contributed by atoms with Gasteiger partial charge in [0.1, 0.15) is 5.37 Å². The van der Waals surface area contributed by atoms with Crippen LogP contribution in [0, 0.1) is 6.92 Å². The van der Waals surface area contributed by atoms with Crippen molar-refractivity contribution >= 4 is 10.1 Å². The smallest absolute Gasteiger partial charge is 0.281 e. The largest absolute Gasteiger partial charge is 0.302 e. The van der Waals surface area contributed by atoms with Crippen molar-refractivity contribution in [2.24, 2.45) is 0 Å². The van der Waals surface area contributed by atoms with Gasteiger partial charge >= 0.3 is 0 Å². The first-order valence-corrected chi connectivity index (χ1v) is 3.45. The summed E-state index contributed by atoms with van der Waals surface area (Å²) < 4.78 is 28.1. The summed E-state index contributed by atoms with van der Waals surface area (Å²) >= 11 is 0. The van der Waals surface area contributed by atoms with Crippen LogP contribution in [0.2, 0.25) is 0 Å². The summed E-state index contributed by atoms with van der Waals surface area (Å²) in [5.74, 6) is 0. The molecular weight excluding hydrogens is 130 g/mol. The van der Waals surface area contributed by atoms with Crippen LogP contribution in [0.15, 0.2) is 0 Å². The van der Waals surface area contributed by atoms with E-state index in [1.165, 1.54) is 7.05 Å². The van der Waals surface area contributed by atoms with E-state index in [0.717, 1.165) is 0 Å². The van der Waals surface area contributed by atoms with Gasteiger partial charge < -0.3 is 5.32 Å². The Balaban J connectivity index is 4.04. The van der Waals surface area contributed by atoms with Crippen molar-refractivity contribution in [3.05, 3.63) is 6.92 Å². The molecule has 0 aromatic heterocycles. The SMILES string of the molecule is [CH2]C(NC)S(=O)(=O)O. The van der Waals surface area contributed by atoms with Crippen molar-refractivity contribution in [2.75, 3.05) is 7.05 Å². The van der Waals surface area contributed by atoms with Crippen LogP contribution in [0.4, 0.5) is 0 Å². The molecule has 0 fully saturated rings. The molecule has 8 heavy (non-hydrogen) atoms. The molecule has 1 atom stereocenters. The molecule has 1 radical (unpaired) electrons. The summed E-state index contributed by atoms with van der Waals surface area (Å²) in [6, 6.07) is 0. The first-order chi connectivity index (χ1) is 3.48. The number of rotatable bonds is 2. The number of hydrogen-bond donors (Lipinski definition) is 2. The van der Waals surface area contributed by atoms with Crippen molar-refractivity contribution in [1.82, 2.24) is 5.32 Å². The van der Waals surface area contributed by atoms with Gasteiger partial charge in [0.15, 0.2) is 0 Å². The number of hydrogen-bond acceptors (Lipinski definition) is 3. The van der Waals surface area contributed by atoms with Gasteiger partial charge in [-0.05, 0) is 14.0 Å². The second-order valence-corrected chi connectivity index (χ2v) is 2.89. The zero-order valence-electron chi connectivity index (χ0n) is 4.46. The first kappa shape index (κ1) is 7.87. The van der Waals surface area contributed by atoms with Crippen molar-refractivity contribution in [1.29, 1.82) is 0 Å². The Hall–Kier alpha value is -0.130. The van der Waals surface area contributed by atoms with Crippen LogP contribution in [-0.2, 0) is 10.1 Å². The predicted molar refractivity (Wildman–Crippen MR) is 29.8 cm³/mol. The Labute approximate surface area is 48.6 Å². The number of nitrogens with one attached hydrogen (secondary N) is 1.